The molecule has 0 aliphatic carbocycles. The molecule has 4 heteroatoms. The van der Waals surface area contributed by atoms with Crippen molar-refractivity contribution in [1.82, 2.24) is 9.88 Å². The summed E-state index contributed by atoms with van der Waals surface area (Å²) in [4.78, 5) is 11.7. The smallest absolute Gasteiger partial charge is 0.321 e. The maximum atomic E-state index is 11.7. The number of carbonyl (C=O) groups is 1. The first-order valence-corrected chi connectivity index (χ1v) is 8.21. The number of carboxylic acids is 1. The molecule has 0 amide bonds. The first-order chi connectivity index (χ1) is 11.0. The minimum atomic E-state index is -0.781. The molecule has 0 spiro atoms. The van der Waals surface area contributed by atoms with Crippen LogP contribution in [0.2, 0.25) is 0 Å². The molecule has 1 aliphatic heterocycles. The minimum absolute atomic E-state index is 0.0700. The topological polar surface area (TPSA) is 54.3 Å². The van der Waals surface area contributed by atoms with Crippen LogP contribution in [0.15, 0.2) is 37.1 Å². The molecule has 23 heavy (non-hydrogen) atoms. The predicted molar refractivity (Wildman–Crippen MR) is 92.6 cm³/mol. The molecule has 0 radical (unpaired) electrons. The van der Waals surface area contributed by atoms with Crippen molar-refractivity contribution < 1.29 is 9.90 Å². The van der Waals surface area contributed by atoms with Gasteiger partial charge in [-0.1, -0.05) is 32.1 Å². The van der Waals surface area contributed by atoms with Crippen molar-refractivity contribution in [1.29, 1.82) is 0 Å². The van der Waals surface area contributed by atoms with Crippen LogP contribution >= 0.6 is 0 Å². The Morgan fingerprint density at radius 2 is 2.30 bits per heavy atom. The Bertz CT molecular complexity index is 745. The fourth-order valence-electron chi connectivity index (χ4n) is 3.64. The normalized spacial score (nSPS) is 20.7. The van der Waals surface area contributed by atoms with Crippen LogP contribution in [0, 0.1) is 5.92 Å². The molecule has 2 aromatic rings. The van der Waals surface area contributed by atoms with E-state index in [-0.39, 0.29) is 6.04 Å². The number of hydrogen-bond acceptors (Lipinski definition) is 2. The number of benzene rings is 1. The Morgan fingerprint density at radius 1 is 1.52 bits per heavy atom. The first kappa shape index (κ1) is 15.8. The predicted octanol–water partition coefficient (Wildman–Crippen LogP) is 3.51. The summed E-state index contributed by atoms with van der Waals surface area (Å²) in [6, 6.07) is 5.83. The van der Waals surface area contributed by atoms with Gasteiger partial charge >= 0.3 is 5.97 Å². The van der Waals surface area contributed by atoms with Gasteiger partial charge in [0.25, 0.3) is 0 Å². The third-order valence-electron chi connectivity index (χ3n) is 4.55. The molecule has 2 atom stereocenters. The summed E-state index contributed by atoms with van der Waals surface area (Å²) >= 11 is 0. The van der Waals surface area contributed by atoms with E-state index in [4.69, 9.17) is 0 Å². The molecule has 122 valence electrons. The Kier molecular flexibility index (Phi) is 4.26. The number of allylic oxidation sites excluding steroid dienone is 1. The summed E-state index contributed by atoms with van der Waals surface area (Å²) in [7, 11) is 0. The van der Waals surface area contributed by atoms with Crippen molar-refractivity contribution in [3.05, 3.63) is 48.2 Å². The van der Waals surface area contributed by atoms with E-state index in [1.54, 1.807) is 0 Å². The molecule has 3 rings (SSSR count). The summed E-state index contributed by atoms with van der Waals surface area (Å²) in [6.07, 6.45) is 5.40. The molecule has 2 heterocycles. The monoisotopic (exact) mass is 312 g/mol. The van der Waals surface area contributed by atoms with E-state index in [0.29, 0.717) is 12.3 Å². The second-order valence-electron chi connectivity index (χ2n) is 6.78. The minimum Gasteiger partial charge on any atom is -0.480 e. The van der Waals surface area contributed by atoms with Crippen molar-refractivity contribution in [2.75, 3.05) is 0 Å². The van der Waals surface area contributed by atoms with Crippen LogP contribution in [-0.4, -0.2) is 21.7 Å². The van der Waals surface area contributed by atoms with Crippen molar-refractivity contribution in [2.45, 2.75) is 45.3 Å². The Morgan fingerprint density at radius 3 is 2.96 bits per heavy atom. The van der Waals surface area contributed by atoms with Gasteiger partial charge in [0.15, 0.2) is 0 Å². The van der Waals surface area contributed by atoms with Crippen LogP contribution in [0.3, 0.4) is 0 Å². The number of hydrogen-bond donors (Lipinski definition) is 2. The van der Waals surface area contributed by atoms with Crippen molar-refractivity contribution in [3.8, 4) is 0 Å². The Labute approximate surface area is 136 Å². The van der Waals surface area contributed by atoms with Gasteiger partial charge in [0.1, 0.15) is 6.04 Å². The largest absolute Gasteiger partial charge is 0.480 e. The lowest BCUT2D eigenvalue weighted by molar-refractivity contribution is -0.139. The van der Waals surface area contributed by atoms with Gasteiger partial charge in [-0.25, -0.2) is 0 Å². The third-order valence-corrected chi connectivity index (χ3v) is 4.55. The zero-order chi connectivity index (χ0) is 16.6. The van der Waals surface area contributed by atoms with Gasteiger partial charge in [0.05, 0.1) is 0 Å². The lowest BCUT2D eigenvalue weighted by atomic mass is 9.94. The molecule has 0 fully saturated rings. The first-order valence-electron chi connectivity index (χ1n) is 8.21. The molecule has 0 unspecified atom stereocenters. The highest BCUT2D eigenvalue weighted by molar-refractivity contribution is 5.89. The van der Waals surface area contributed by atoms with E-state index >= 15 is 0 Å². The molecule has 1 aromatic carbocycles. The van der Waals surface area contributed by atoms with Crippen LogP contribution in [-0.2, 0) is 17.8 Å². The number of aliphatic carboxylic acids is 1. The zero-order valence-electron chi connectivity index (χ0n) is 13.7. The number of nitrogens with zero attached hydrogens (tertiary/aromatic N) is 1. The molecule has 0 saturated heterocycles. The second kappa shape index (κ2) is 6.20. The van der Waals surface area contributed by atoms with Crippen LogP contribution in [0.25, 0.3) is 10.9 Å². The molecular formula is C19H24N2O2. The Hall–Kier alpha value is -2.07. The summed E-state index contributed by atoms with van der Waals surface area (Å²) in [5.41, 5.74) is 3.50. The van der Waals surface area contributed by atoms with Gasteiger partial charge in [0.2, 0.25) is 0 Å². The summed E-state index contributed by atoms with van der Waals surface area (Å²) in [5.74, 6) is -0.287. The molecule has 1 aliphatic rings. The standard InChI is InChI=1S/C19H24N2O2/c1-4-8-21-11-13-10-16(19(22)23)20-15(9-12(2)3)14-6-5-7-17(21)18(13)14/h4-7,11-12,15-16,20H,1,8-10H2,2-3H3,(H,22,23)/t15-,16-/m0/s1. The van der Waals surface area contributed by atoms with Crippen LogP contribution < -0.4 is 5.32 Å². The molecule has 1 aromatic heterocycles. The molecule has 0 bridgehead atoms. The highest BCUT2D eigenvalue weighted by Crippen LogP contribution is 2.35. The number of aromatic nitrogens is 1. The zero-order valence-corrected chi connectivity index (χ0v) is 13.7. The van der Waals surface area contributed by atoms with Crippen LogP contribution in [0.1, 0.15) is 37.4 Å². The SMILES string of the molecule is C=CCn1cc2c3c(cccc31)[C@H](CC(C)C)N[C@H](C(=O)O)C2. The third kappa shape index (κ3) is 2.91. The lowest BCUT2D eigenvalue weighted by Gasteiger charge is -2.23. The average Bonchev–Trinajstić information content (AvgIpc) is 2.75. The van der Waals surface area contributed by atoms with E-state index in [1.165, 1.54) is 16.5 Å². The summed E-state index contributed by atoms with van der Waals surface area (Å²) in [6.45, 7) is 8.91. The number of carboxylic acid groups (broad SMARTS) is 1. The quantitative estimate of drug-likeness (QED) is 0.831. The summed E-state index contributed by atoms with van der Waals surface area (Å²) in [5, 5.41) is 14.2. The number of nitrogens with one attached hydrogen (secondary N) is 1. The summed E-state index contributed by atoms with van der Waals surface area (Å²) < 4.78 is 2.16. The van der Waals surface area contributed by atoms with E-state index in [0.717, 1.165) is 18.5 Å². The highest BCUT2D eigenvalue weighted by atomic mass is 16.4. The van der Waals surface area contributed by atoms with Gasteiger partial charge in [-0.15, -0.1) is 6.58 Å². The average molecular weight is 312 g/mol. The lowest BCUT2D eigenvalue weighted by Crippen LogP contribution is -2.40. The van der Waals surface area contributed by atoms with Gasteiger partial charge < -0.3 is 9.67 Å². The van der Waals surface area contributed by atoms with E-state index in [9.17, 15) is 9.90 Å². The van der Waals surface area contributed by atoms with Crippen molar-refractivity contribution in [2.24, 2.45) is 5.92 Å². The Balaban J connectivity index is 2.18. The second-order valence-corrected chi connectivity index (χ2v) is 6.78. The fraction of sp³-hybridized carbons (Fsp3) is 0.421. The van der Waals surface area contributed by atoms with Crippen LogP contribution in [0.5, 0.6) is 0 Å². The van der Waals surface area contributed by atoms with Gasteiger partial charge in [-0.3, -0.25) is 10.1 Å². The fourth-order valence-corrected chi connectivity index (χ4v) is 3.64. The van der Waals surface area contributed by atoms with Gasteiger partial charge in [-0.2, -0.15) is 0 Å². The molecular weight excluding hydrogens is 288 g/mol. The number of rotatable bonds is 5. The van der Waals surface area contributed by atoms with E-state index in [1.807, 2.05) is 6.08 Å². The molecule has 2 N–H and O–H groups in total. The van der Waals surface area contributed by atoms with Crippen molar-refractivity contribution >= 4 is 16.9 Å². The van der Waals surface area contributed by atoms with Gasteiger partial charge in [-0.05, 0) is 29.5 Å². The van der Waals surface area contributed by atoms with Crippen LogP contribution in [0.4, 0.5) is 0 Å². The van der Waals surface area contributed by atoms with E-state index < -0.39 is 12.0 Å². The molecule has 4 nitrogen and oxygen atoms in total. The van der Waals surface area contributed by atoms with Crippen molar-refractivity contribution in [3.63, 3.8) is 0 Å². The highest BCUT2D eigenvalue weighted by Gasteiger charge is 2.30. The maximum Gasteiger partial charge on any atom is 0.321 e. The van der Waals surface area contributed by atoms with E-state index in [2.05, 4.69) is 54.7 Å². The maximum absolute atomic E-state index is 11.7. The molecule has 0 saturated carbocycles. The van der Waals surface area contributed by atoms with Gasteiger partial charge in [0, 0.05) is 36.1 Å².